The van der Waals surface area contributed by atoms with Crippen molar-refractivity contribution in [3.05, 3.63) is 46.1 Å². The fraction of sp³-hybridized carbons (Fsp3) is 0.450. The molecule has 25 heavy (non-hydrogen) atoms. The van der Waals surface area contributed by atoms with Crippen LogP contribution < -0.4 is 5.32 Å². The van der Waals surface area contributed by atoms with Crippen LogP contribution in [0.4, 0.5) is 5.00 Å². The molecule has 5 heteroatoms. The Hall–Kier alpha value is -2.19. The molecule has 3 rings (SSSR count). The lowest BCUT2D eigenvalue weighted by atomic mass is 9.69. The number of fused-ring (bicyclic) bond motifs is 1. The molecule has 1 aliphatic rings. The maximum absolute atomic E-state index is 12.4. The first-order valence-corrected chi connectivity index (χ1v) is 9.54. The molecule has 0 aromatic carbocycles. The van der Waals surface area contributed by atoms with Crippen molar-refractivity contribution < 1.29 is 4.79 Å². The predicted octanol–water partition coefficient (Wildman–Crippen LogP) is 4.81. The number of nitrogens with zero attached hydrogens (tertiary/aromatic N) is 2. The number of nitrogens with one attached hydrogen (secondary N) is 1. The zero-order valence-electron chi connectivity index (χ0n) is 14.9. The van der Waals surface area contributed by atoms with Crippen molar-refractivity contribution in [1.82, 2.24) is 4.98 Å². The molecule has 1 atom stereocenters. The highest BCUT2D eigenvalue weighted by molar-refractivity contribution is 7.16. The summed E-state index contributed by atoms with van der Waals surface area (Å²) in [4.78, 5) is 17.6. The molecular formula is C20H23N3OS. The molecule has 4 nitrogen and oxygen atoms in total. The lowest BCUT2D eigenvalue weighted by molar-refractivity contribution is 0.102. The Balaban J connectivity index is 1.86. The number of aromatic nitrogens is 1. The fourth-order valence-electron chi connectivity index (χ4n) is 3.43. The Bertz CT molecular complexity index is 817. The van der Waals surface area contributed by atoms with Crippen LogP contribution in [0.2, 0.25) is 0 Å². The molecular weight excluding hydrogens is 330 g/mol. The van der Waals surface area contributed by atoms with Crippen LogP contribution >= 0.6 is 11.3 Å². The van der Waals surface area contributed by atoms with E-state index >= 15 is 0 Å². The Morgan fingerprint density at radius 3 is 2.80 bits per heavy atom. The summed E-state index contributed by atoms with van der Waals surface area (Å²) in [5, 5.41) is 13.2. The van der Waals surface area contributed by atoms with Gasteiger partial charge in [0.1, 0.15) is 11.1 Å². The highest BCUT2D eigenvalue weighted by Gasteiger charge is 2.34. The number of hydrogen-bond acceptors (Lipinski definition) is 4. The largest absolute Gasteiger partial charge is 0.312 e. The van der Waals surface area contributed by atoms with Gasteiger partial charge in [0.15, 0.2) is 0 Å². The summed E-state index contributed by atoms with van der Waals surface area (Å²) in [5.74, 6) is 0.432. The summed E-state index contributed by atoms with van der Waals surface area (Å²) in [6.07, 6.45) is 7.37. The number of rotatable bonds is 4. The maximum atomic E-state index is 12.4. The topological polar surface area (TPSA) is 65.8 Å². The van der Waals surface area contributed by atoms with Crippen molar-refractivity contribution >= 4 is 22.2 Å². The minimum atomic E-state index is -0.192. The smallest absolute Gasteiger partial charge is 0.256 e. The summed E-state index contributed by atoms with van der Waals surface area (Å²) in [6.45, 7) is 6.90. The normalized spacial score (nSPS) is 16.8. The van der Waals surface area contributed by atoms with Crippen molar-refractivity contribution in [3.63, 3.8) is 0 Å². The van der Waals surface area contributed by atoms with Crippen molar-refractivity contribution in [2.45, 2.75) is 46.5 Å². The molecule has 1 amide bonds. The number of carbonyl (C=O) groups is 1. The van der Waals surface area contributed by atoms with Crippen LogP contribution in [0.15, 0.2) is 24.5 Å². The average molecular weight is 353 g/mol. The van der Waals surface area contributed by atoms with E-state index in [4.69, 9.17) is 0 Å². The van der Waals surface area contributed by atoms with Crippen LogP contribution in [0, 0.1) is 22.7 Å². The molecule has 0 bridgehead atoms. The van der Waals surface area contributed by atoms with Crippen LogP contribution in [0.5, 0.6) is 0 Å². The van der Waals surface area contributed by atoms with Gasteiger partial charge in [-0.15, -0.1) is 11.3 Å². The van der Waals surface area contributed by atoms with Crippen molar-refractivity contribution in [2.24, 2.45) is 11.3 Å². The van der Waals surface area contributed by atoms with E-state index in [2.05, 4.69) is 37.1 Å². The van der Waals surface area contributed by atoms with Crippen LogP contribution in [-0.2, 0) is 12.8 Å². The second-order valence-corrected chi connectivity index (χ2v) is 8.40. The number of nitriles is 1. The Morgan fingerprint density at radius 2 is 2.16 bits per heavy atom. The number of thiophene rings is 1. The molecule has 0 radical (unpaired) electrons. The van der Waals surface area contributed by atoms with Gasteiger partial charge in [-0.2, -0.15) is 5.26 Å². The molecule has 2 aromatic heterocycles. The first kappa shape index (κ1) is 17.6. The van der Waals surface area contributed by atoms with E-state index in [1.54, 1.807) is 35.9 Å². The van der Waals surface area contributed by atoms with Gasteiger partial charge in [0.25, 0.3) is 5.91 Å². The molecule has 1 N–H and O–H groups in total. The quantitative estimate of drug-likeness (QED) is 0.858. The second-order valence-electron chi connectivity index (χ2n) is 7.29. The zero-order valence-corrected chi connectivity index (χ0v) is 15.7. The third kappa shape index (κ3) is 3.45. The van der Waals surface area contributed by atoms with Crippen LogP contribution in [-0.4, -0.2) is 10.9 Å². The van der Waals surface area contributed by atoms with Crippen LogP contribution in [0.1, 0.15) is 60.0 Å². The maximum Gasteiger partial charge on any atom is 0.256 e. The van der Waals surface area contributed by atoms with Gasteiger partial charge in [0, 0.05) is 22.8 Å². The van der Waals surface area contributed by atoms with E-state index in [-0.39, 0.29) is 5.91 Å². The first-order valence-electron chi connectivity index (χ1n) is 8.72. The van der Waals surface area contributed by atoms with Gasteiger partial charge in [0.05, 0.1) is 5.56 Å². The molecule has 2 aromatic rings. The SMILES string of the molecule is CCC(C)(C)C1CCc2c(sc(NC(=O)c3ccncc3)c2C#N)C1. The minimum absolute atomic E-state index is 0.192. The molecule has 0 aliphatic heterocycles. The van der Waals surface area contributed by atoms with Crippen LogP contribution in [0.25, 0.3) is 0 Å². The minimum Gasteiger partial charge on any atom is -0.312 e. The van der Waals surface area contributed by atoms with E-state index in [9.17, 15) is 10.1 Å². The van der Waals surface area contributed by atoms with Crippen molar-refractivity contribution in [3.8, 4) is 6.07 Å². The van der Waals surface area contributed by atoms with Gasteiger partial charge in [-0.25, -0.2) is 0 Å². The lowest BCUT2D eigenvalue weighted by Gasteiger charge is -2.36. The zero-order chi connectivity index (χ0) is 18.0. The highest BCUT2D eigenvalue weighted by atomic mass is 32.1. The van der Waals surface area contributed by atoms with E-state index < -0.39 is 0 Å². The molecule has 130 valence electrons. The van der Waals surface area contributed by atoms with Crippen molar-refractivity contribution in [2.75, 3.05) is 5.32 Å². The predicted molar refractivity (Wildman–Crippen MR) is 101 cm³/mol. The number of anilines is 1. The summed E-state index contributed by atoms with van der Waals surface area (Å²) in [6, 6.07) is 5.66. The van der Waals surface area contributed by atoms with E-state index in [0.29, 0.717) is 27.5 Å². The van der Waals surface area contributed by atoms with Gasteiger partial charge >= 0.3 is 0 Å². The lowest BCUT2D eigenvalue weighted by Crippen LogP contribution is -2.28. The molecule has 0 fully saturated rings. The van der Waals surface area contributed by atoms with Gasteiger partial charge in [0.2, 0.25) is 0 Å². The standard InChI is InChI=1S/C20H23N3OS/c1-4-20(2,3)14-5-6-15-16(12-21)19(25-17(15)11-14)23-18(24)13-7-9-22-10-8-13/h7-10,14H,4-6,11H2,1-3H3,(H,23,24). The summed E-state index contributed by atoms with van der Waals surface area (Å²) < 4.78 is 0. The molecule has 0 saturated carbocycles. The monoisotopic (exact) mass is 353 g/mol. The van der Waals surface area contributed by atoms with E-state index in [1.165, 1.54) is 4.88 Å². The fourth-order valence-corrected chi connectivity index (χ4v) is 4.70. The molecule has 1 aliphatic carbocycles. The molecule has 0 spiro atoms. The molecule has 0 saturated heterocycles. The van der Waals surface area contributed by atoms with Crippen molar-refractivity contribution in [1.29, 1.82) is 5.26 Å². The Morgan fingerprint density at radius 1 is 1.44 bits per heavy atom. The summed E-state index contributed by atoms with van der Waals surface area (Å²) >= 11 is 1.57. The van der Waals surface area contributed by atoms with Gasteiger partial charge < -0.3 is 5.32 Å². The first-order chi connectivity index (χ1) is 12.0. The molecule has 2 heterocycles. The third-order valence-corrected chi connectivity index (χ3v) is 6.73. The molecule has 1 unspecified atom stereocenters. The Labute approximate surface area is 152 Å². The summed E-state index contributed by atoms with van der Waals surface area (Å²) in [7, 11) is 0. The van der Waals surface area contributed by atoms with Gasteiger partial charge in [-0.3, -0.25) is 9.78 Å². The average Bonchev–Trinajstić information content (AvgIpc) is 2.98. The van der Waals surface area contributed by atoms with Crippen LogP contribution in [0.3, 0.4) is 0 Å². The number of carbonyl (C=O) groups excluding carboxylic acids is 1. The van der Waals surface area contributed by atoms with Gasteiger partial charge in [-0.05, 0) is 48.3 Å². The Kier molecular flexibility index (Phi) is 4.91. The van der Waals surface area contributed by atoms with E-state index in [0.717, 1.165) is 31.2 Å². The number of pyridine rings is 1. The highest BCUT2D eigenvalue weighted by Crippen LogP contribution is 2.45. The van der Waals surface area contributed by atoms with Gasteiger partial charge in [-0.1, -0.05) is 27.2 Å². The summed E-state index contributed by atoms with van der Waals surface area (Å²) in [5.41, 5.74) is 2.64. The number of hydrogen-bond donors (Lipinski definition) is 1. The third-order valence-electron chi connectivity index (χ3n) is 5.56. The number of amides is 1. The van der Waals surface area contributed by atoms with E-state index in [1.807, 2.05) is 0 Å². The second kappa shape index (κ2) is 6.97.